The van der Waals surface area contributed by atoms with Crippen LogP contribution in [0.15, 0.2) is 41.0 Å². The van der Waals surface area contributed by atoms with Crippen molar-refractivity contribution in [3.8, 4) is 0 Å². The van der Waals surface area contributed by atoms with Crippen LogP contribution in [0.3, 0.4) is 0 Å². The number of hydrogen-bond acceptors (Lipinski definition) is 3. The summed E-state index contributed by atoms with van der Waals surface area (Å²) in [7, 11) is 0. The van der Waals surface area contributed by atoms with Crippen LogP contribution in [0.25, 0.3) is 0 Å². The quantitative estimate of drug-likeness (QED) is 0.921. The third kappa shape index (κ3) is 3.91. The van der Waals surface area contributed by atoms with Crippen molar-refractivity contribution in [1.82, 2.24) is 5.32 Å². The van der Waals surface area contributed by atoms with Crippen LogP contribution in [0.1, 0.15) is 12.7 Å². The molecule has 0 aliphatic heterocycles. The lowest BCUT2D eigenvalue weighted by atomic mass is 10.2. The molecule has 0 aliphatic carbocycles. The molecular formula is C15H14F2N2O3. The monoisotopic (exact) mass is 308 g/mol. The fourth-order valence-corrected chi connectivity index (χ4v) is 1.86. The van der Waals surface area contributed by atoms with Crippen molar-refractivity contribution < 1.29 is 22.8 Å². The predicted molar refractivity (Wildman–Crippen MR) is 74.9 cm³/mol. The molecule has 116 valence electrons. The van der Waals surface area contributed by atoms with Gasteiger partial charge in [0.25, 0.3) is 0 Å². The summed E-state index contributed by atoms with van der Waals surface area (Å²) in [4.78, 5) is 24.4. The second kappa shape index (κ2) is 6.84. The third-order valence-electron chi connectivity index (χ3n) is 2.92. The van der Waals surface area contributed by atoms with E-state index < -0.39 is 23.4 Å². The number of nitrogens with zero attached hydrogens (tertiary/aromatic N) is 1. The van der Waals surface area contributed by atoms with Crippen LogP contribution in [0.2, 0.25) is 0 Å². The minimum absolute atomic E-state index is 0.151. The topological polar surface area (TPSA) is 62.6 Å². The second-order valence-electron chi connectivity index (χ2n) is 4.56. The molecule has 0 spiro atoms. The first-order valence-electron chi connectivity index (χ1n) is 6.49. The molecule has 1 aromatic carbocycles. The Morgan fingerprint density at radius 3 is 2.64 bits per heavy atom. The number of benzene rings is 1. The first kappa shape index (κ1) is 15.7. The summed E-state index contributed by atoms with van der Waals surface area (Å²) in [6, 6.07) is 6.16. The molecule has 1 N–H and O–H groups in total. The second-order valence-corrected chi connectivity index (χ2v) is 4.56. The molecule has 0 bridgehead atoms. The Labute approximate surface area is 125 Å². The number of halogens is 2. The Morgan fingerprint density at radius 2 is 2.05 bits per heavy atom. The highest BCUT2D eigenvalue weighted by Gasteiger charge is 2.19. The molecule has 0 unspecified atom stereocenters. The van der Waals surface area contributed by atoms with Crippen molar-refractivity contribution in [3.63, 3.8) is 0 Å². The molecule has 22 heavy (non-hydrogen) atoms. The summed E-state index contributed by atoms with van der Waals surface area (Å²) in [6.45, 7) is 0.977. The Balaban J connectivity index is 2.05. The normalized spacial score (nSPS) is 10.3. The number of furan rings is 1. The number of nitrogens with one attached hydrogen (secondary N) is 1. The summed E-state index contributed by atoms with van der Waals surface area (Å²) in [5.41, 5.74) is -0.151. The standard InChI is InChI=1S/C15H14F2N2O3/c1-10(20)19(14-5-4-11(16)7-13(14)17)9-15(21)18-8-12-3-2-6-22-12/h2-7H,8-9H2,1H3,(H,18,21). The maximum absolute atomic E-state index is 13.7. The lowest BCUT2D eigenvalue weighted by Crippen LogP contribution is -2.40. The van der Waals surface area contributed by atoms with Gasteiger partial charge in [-0.2, -0.15) is 0 Å². The van der Waals surface area contributed by atoms with Gasteiger partial charge in [-0.1, -0.05) is 0 Å². The number of hydrogen-bond donors (Lipinski definition) is 1. The molecule has 2 amide bonds. The van der Waals surface area contributed by atoms with Crippen LogP contribution in [-0.2, 0) is 16.1 Å². The summed E-state index contributed by atoms with van der Waals surface area (Å²) in [5, 5.41) is 2.55. The Morgan fingerprint density at radius 1 is 1.27 bits per heavy atom. The first-order chi connectivity index (χ1) is 10.5. The van der Waals surface area contributed by atoms with Crippen LogP contribution >= 0.6 is 0 Å². The van der Waals surface area contributed by atoms with Gasteiger partial charge < -0.3 is 14.6 Å². The van der Waals surface area contributed by atoms with Crippen molar-refractivity contribution in [2.45, 2.75) is 13.5 Å². The van der Waals surface area contributed by atoms with Crippen LogP contribution in [0, 0.1) is 11.6 Å². The van der Waals surface area contributed by atoms with E-state index in [2.05, 4.69) is 5.32 Å². The van der Waals surface area contributed by atoms with E-state index in [9.17, 15) is 18.4 Å². The van der Waals surface area contributed by atoms with Crippen LogP contribution in [0.5, 0.6) is 0 Å². The molecule has 0 fully saturated rings. The van der Waals surface area contributed by atoms with E-state index in [4.69, 9.17) is 4.42 Å². The zero-order valence-corrected chi connectivity index (χ0v) is 11.8. The van der Waals surface area contributed by atoms with Gasteiger partial charge in [0.2, 0.25) is 11.8 Å². The third-order valence-corrected chi connectivity index (χ3v) is 2.92. The fraction of sp³-hybridized carbons (Fsp3) is 0.200. The number of rotatable bonds is 5. The lowest BCUT2D eigenvalue weighted by molar-refractivity contribution is -0.123. The van der Waals surface area contributed by atoms with Gasteiger partial charge in [-0.05, 0) is 24.3 Å². The van der Waals surface area contributed by atoms with Gasteiger partial charge in [-0.3, -0.25) is 9.59 Å². The number of anilines is 1. The Hall–Kier alpha value is -2.70. The van der Waals surface area contributed by atoms with E-state index in [1.807, 2.05) is 0 Å². The zero-order chi connectivity index (χ0) is 16.1. The number of amides is 2. The maximum atomic E-state index is 13.7. The van der Waals surface area contributed by atoms with Gasteiger partial charge in [0.15, 0.2) is 0 Å². The molecule has 5 nitrogen and oxygen atoms in total. The van der Waals surface area contributed by atoms with Crippen LogP contribution < -0.4 is 10.2 Å². The molecule has 0 radical (unpaired) electrons. The van der Waals surface area contributed by atoms with Gasteiger partial charge >= 0.3 is 0 Å². The smallest absolute Gasteiger partial charge is 0.240 e. The summed E-state index contributed by atoms with van der Waals surface area (Å²) in [5.74, 6) is -2.13. The van der Waals surface area contributed by atoms with E-state index in [0.29, 0.717) is 11.8 Å². The molecular weight excluding hydrogens is 294 g/mol. The van der Waals surface area contributed by atoms with Gasteiger partial charge in [0.1, 0.15) is 23.9 Å². The van der Waals surface area contributed by atoms with Crippen LogP contribution in [0.4, 0.5) is 14.5 Å². The molecule has 1 heterocycles. The van der Waals surface area contributed by atoms with Crippen molar-refractivity contribution in [3.05, 3.63) is 54.0 Å². The lowest BCUT2D eigenvalue weighted by Gasteiger charge is -2.21. The zero-order valence-electron chi connectivity index (χ0n) is 11.8. The van der Waals surface area contributed by atoms with Gasteiger partial charge in [0.05, 0.1) is 18.5 Å². The fourth-order valence-electron chi connectivity index (χ4n) is 1.86. The molecule has 0 saturated carbocycles. The average Bonchev–Trinajstić information content (AvgIpc) is 2.96. The highest BCUT2D eigenvalue weighted by atomic mass is 19.1. The number of carbonyl (C=O) groups excluding carboxylic acids is 2. The first-order valence-corrected chi connectivity index (χ1v) is 6.49. The van der Waals surface area contributed by atoms with Crippen molar-refractivity contribution in [2.24, 2.45) is 0 Å². The summed E-state index contributed by atoms with van der Waals surface area (Å²) < 4.78 is 31.7. The Kier molecular flexibility index (Phi) is 4.88. The molecule has 0 saturated heterocycles. The van der Waals surface area contributed by atoms with E-state index in [1.165, 1.54) is 13.2 Å². The maximum Gasteiger partial charge on any atom is 0.240 e. The van der Waals surface area contributed by atoms with Crippen molar-refractivity contribution in [1.29, 1.82) is 0 Å². The predicted octanol–water partition coefficient (Wildman–Crippen LogP) is 2.23. The van der Waals surface area contributed by atoms with E-state index >= 15 is 0 Å². The van der Waals surface area contributed by atoms with Crippen LogP contribution in [-0.4, -0.2) is 18.4 Å². The molecule has 7 heteroatoms. The number of carbonyl (C=O) groups is 2. The molecule has 0 atom stereocenters. The Bertz CT molecular complexity index is 671. The molecule has 2 rings (SSSR count). The van der Waals surface area contributed by atoms with E-state index in [0.717, 1.165) is 17.0 Å². The minimum Gasteiger partial charge on any atom is -0.467 e. The molecule has 1 aromatic heterocycles. The van der Waals surface area contributed by atoms with E-state index in [1.54, 1.807) is 12.1 Å². The molecule has 2 aromatic rings. The minimum atomic E-state index is -0.908. The van der Waals surface area contributed by atoms with E-state index in [-0.39, 0.29) is 18.8 Å². The highest BCUT2D eigenvalue weighted by Crippen LogP contribution is 2.20. The summed E-state index contributed by atoms with van der Waals surface area (Å²) >= 11 is 0. The summed E-state index contributed by atoms with van der Waals surface area (Å²) in [6.07, 6.45) is 1.47. The molecule has 0 aliphatic rings. The average molecular weight is 308 g/mol. The SMILES string of the molecule is CC(=O)N(CC(=O)NCc1ccco1)c1ccc(F)cc1F. The van der Waals surface area contributed by atoms with Gasteiger partial charge in [0, 0.05) is 13.0 Å². The van der Waals surface area contributed by atoms with Crippen molar-refractivity contribution in [2.75, 3.05) is 11.4 Å². The van der Waals surface area contributed by atoms with Crippen molar-refractivity contribution >= 4 is 17.5 Å². The highest BCUT2D eigenvalue weighted by molar-refractivity contribution is 5.97. The largest absolute Gasteiger partial charge is 0.467 e. The van der Waals surface area contributed by atoms with Gasteiger partial charge in [-0.15, -0.1) is 0 Å². The van der Waals surface area contributed by atoms with Gasteiger partial charge in [-0.25, -0.2) is 8.78 Å².